The second-order valence-electron chi connectivity index (χ2n) is 9.81. The molecular weight excluding hydrogens is 462 g/mol. The van der Waals surface area contributed by atoms with E-state index >= 15 is 0 Å². The number of non-ortho nitro benzene ring substituents is 1. The van der Waals surface area contributed by atoms with Crippen LogP contribution in [0.15, 0.2) is 59.7 Å². The molecule has 9 nitrogen and oxygen atoms in total. The second kappa shape index (κ2) is 8.29. The van der Waals surface area contributed by atoms with E-state index in [9.17, 15) is 19.7 Å². The van der Waals surface area contributed by atoms with Crippen molar-refractivity contribution in [2.75, 3.05) is 6.61 Å². The van der Waals surface area contributed by atoms with Crippen LogP contribution in [0.1, 0.15) is 30.9 Å². The van der Waals surface area contributed by atoms with Gasteiger partial charge in [-0.1, -0.05) is 12.2 Å². The molecule has 2 aromatic carbocycles. The van der Waals surface area contributed by atoms with E-state index in [0.717, 1.165) is 23.4 Å². The van der Waals surface area contributed by atoms with Crippen LogP contribution in [-0.4, -0.2) is 34.6 Å². The van der Waals surface area contributed by atoms with E-state index in [1.165, 1.54) is 18.3 Å². The van der Waals surface area contributed by atoms with Gasteiger partial charge in [-0.3, -0.25) is 19.7 Å². The third kappa shape index (κ3) is 3.41. The lowest BCUT2D eigenvalue weighted by molar-refractivity contribution is -0.384. The summed E-state index contributed by atoms with van der Waals surface area (Å²) in [6.45, 7) is 2.48. The number of imide groups is 1. The maximum absolute atomic E-state index is 13.1. The quantitative estimate of drug-likeness (QED) is 0.182. The number of hydrogen-bond donors (Lipinski definition) is 0. The fraction of sp³-hybridized carbons (Fsp3) is 0.370. The molecule has 4 aliphatic rings. The Bertz CT molecular complexity index is 1280. The highest BCUT2D eigenvalue weighted by Gasteiger charge is 2.73. The lowest BCUT2D eigenvalue weighted by atomic mass is 9.85. The Morgan fingerprint density at radius 2 is 1.69 bits per heavy atom. The molecule has 2 bridgehead atoms. The van der Waals surface area contributed by atoms with Crippen LogP contribution in [-0.2, 0) is 16.2 Å². The van der Waals surface area contributed by atoms with Crippen molar-refractivity contribution in [2.24, 2.45) is 34.2 Å². The number of carbonyl (C=O) groups is 2. The topological polar surface area (TPSA) is 111 Å². The Labute approximate surface area is 207 Å². The summed E-state index contributed by atoms with van der Waals surface area (Å²) in [6, 6.07) is 11.4. The zero-order valence-corrected chi connectivity index (χ0v) is 19.7. The number of rotatable bonds is 8. The average Bonchev–Trinajstić information content (AvgIpc) is 3.48. The number of nitro groups is 1. The van der Waals surface area contributed by atoms with Crippen LogP contribution in [0.5, 0.6) is 11.5 Å². The third-order valence-corrected chi connectivity index (χ3v) is 7.96. The minimum absolute atomic E-state index is 0.0203. The Balaban J connectivity index is 1.16. The van der Waals surface area contributed by atoms with Gasteiger partial charge in [0, 0.05) is 12.1 Å². The summed E-state index contributed by atoms with van der Waals surface area (Å²) < 4.78 is 11.6. The van der Waals surface area contributed by atoms with Crippen LogP contribution in [0.2, 0.25) is 0 Å². The number of hydrogen-bond acceptors (Lipinski definition) is 7. The molecule has 0 N–H and O–H groups in total. The Kier molecular flexibility index (Phi) is 5.17. The van der Waals surface area contributed by atoms with Gasteiger partial charge in [0.2, 0.25) is 0 Å². The minimum Gasteiger partial charge on any atom is -0.490 e. The molecule has 2 amide bonds. The Morgan fingerprint density at radius 1 is 1.03 bits per heavy atom. The van der Waals surface area contributed by atoms with Crippen molar-refractivity contribution in [2.45, 2.75) is 26.4 Å². The van der Waals surface area contributed by atoms with E-state index in [2.05, 4.69) is 17.3 Å². The summed E-state index contributed by atoms with van der Waals surface area (Å²) in [5.74, 6) is 0.393. The lowest BCUT2D eigenvalue weighted by Gasteiger charge is -2.18. The number of allylic oxidation sites excluding steroid dienone is 2. The van der Waals surface area contributed by atoms with Crippen molar-refractivity contribution in [3.8, 4) is 11.5 Å². The molecule has 0 radical (unpaired) electrons. The highest BCUT2D eigenvalue weighted by molar-refractivity contribution is 6.07. The van der Waals surface area contributed by atoms with Gasteiger partial charge in [-0.25, -0.2) is 0 Å². The number of fused-ring (bicyclic) bond motifs is 3. The van der Waals surface area contributed by atoms with E-state index in [1.807, 2.05) is 6.92 Å². The highest BCUT2D eigenvalue weighted by atomic mass is 16.6. The van der Waals surface area contributed by atoms with Crippen LogP contribution in [0, 0.1) is 39.2 Å². The summed E-state index contributed by atoms with van der Waals surface area (Å²) in [6.07, 6.45) is 7.99. The predicted octanol–water partition coefficient (Wildman–Crippen LogP) is 4.10. The molecule has 2 saturated carbocycles. The standard InChI is InChI=1S/C27H25N3O6/c1-2-35-22-13-17(5-10-21(22)36-15-16-3-6-18(7-4-16)30(33)34)14-28-29-25(31)23-19-8-9-20(24(23)26(29)32)27(19)11-12-27/h3-10,13-14,19-20,23-24H,2,11-12,15H2,1H3/b28-14-/t19-,20-,23+,24+/m1/s1. The molecule has 1 spiro atoms. The summed E-state index contributed by atoms with van der Waals surface area (Å²) >= 11 is 0. The first-order chi connectivity index (χ1) is 17.4. The zero-order chi connectivity index (χ0) is 25.0. The Hall–Kier alpha value is -4.01. The van der Waals surface area contributed by atoms with E-state index in [4.69, 9.17) is 9.47 Å². The Morgan fingerprint density at radius 3 is 2.28 bits per heavy atom. The molecule has 3 fully saturated rings. The molecule has 9 heteroatoms. The molecule has 1 heterocycles. The molecule has 1 saturated heterocycles. The SMILES string of the molecule is CCOc1cc(/C=N\N2C(=O)[C@@H]3[C@@H](C2=O)[C@H]2C=C[C@H]3C23CC3)ccc1OCc1ccc([N+](=O)[O-])cc1. The van der Waals surface area contributed by atoms with Crippen molar-refractivity contribution in [3.63, 3.8) is 0 Å². The first-order valence-corrected chi connectivity index (χ1v) is 12.2. The number of nitrogens with zero attached hydrogens (tertiary/aromatic N) is 3. The monoisotopic (exact) mass is 487 g/mol. The van der Waals surface area contributed by atoms with E-state index in [0.29, 0.717) is 23.7 Å². The van der Waals surface area contributed by atoms with Crippen LogP contribution in [0.25, 0.3) is 0 Å². The van der Waals surface area contributed by atoms with Gasteiger partial charge in [-0.15, -0.1) is 0 Å². The van der Waals surface area contributed by atoms with Crippen molar-refractivity contribution >= 4 is 23.7 Å². The third-order valence-electron chi connectivity index (χ3n) is 7.96. The molecule has 0 aromatic heterocycles. The van der Waals surface area contributed by atoms with Gasteiger partial charge in [0.25, 0.3) is 17.5 Å². The molecule has 4 atom stereocenters. The van der Waals surface area contributed by atoms with Crippen LogP contribution >= 0.6 is 0 Å². The lowest BCUT2D eigenvalue weighted by Crippen LogP contribution is -2.30. The molecule has 2 aromatic rings. The van der Waals surface area contributed by atoms with Crippen LogP contribution < -0.4 is 9.47 Å². The fourth-order valence-corrected chi connectivity index (χ4v) is 6.17. The molecule has 3 aliphatic carbocycles. The second-order valence-corrected chi connectivity index (χ2v) is 9.81. The number of benzene rings is 2. The number of ether oxygens (including phenoxy) is 2. The highest BCUT2D eigenvalue weighted by Crippen LogP contribution is 2.73. The van der Waals surface area contributed by atoms with E-state index in [1.54, 1.807) is 30.3 Å². The van der Waals surface area contributed by atoms with Gasteiger partial charge in [-0.05, 0) is 78.5 Å². The van der Waals surface area contributed by atoms with Gasteiger partial charge in [-0.2, -0.15) is 10.1 Å². The first-order valence-electron chi connectivity index (χ1n) is 12.2. The summed E-state index contributed by atoms with van der Waals surface area (Å²) in [5.41, 5.74) is 1.62. The van der Waals surface area contributed by atoms with Gasteiger partial charge in [0.1, 0.15) is 6.61 Å². The van der Waals surface area contributed by atoms with Gasteiger partial charge < -0.3 is 9.47 Å². The van der Waals surface area contributed by atoms with Crippen molar-refractivity contribution in [3.05, 3.63) is 75.9 Å². The van der Waals surface area contributed by atoms with Gasteiger partial charge >= 0.3 is 0 Å². The number of hydrazone groups is 1. The zero-order valence-electron chi connectivity index (χ0n) is 19.7. The van der Waals surface area contributed by atoms with Crippen LogP contribution in [0.4, 0.5) is 5.69 Å². The largest absolute Gasteiger partial charge is 0.490 e. The van der Waals surface area contributed by atoms with Gasteiger partial charge in [0.15, 0.2) is 11.5 Å². The number of nitro benzene ring substituents is 1. The maximum Gasteiger partial charge on any atom is 0.269 e. The number of amides is 2. The first kappa shape index (κ1) is 22.5. The molecule has 1 aliphatic heterocycles. The predicted molar refractivity (Wildman–Crippen MR) is 129 cm³/mol. The fourth-order valence-electron chi connectivity index (χ4n) is 6.17. The summed E-state index contributed by atoms with van der Waals surface area (Å²) in [5, 5.41) is 16.2. The summed E-state index contributed by atoms with van der Waals surface area (Å²) in [7, 11) is 0. The van der Waals surface area contributed by atoms with Gasteiger partial charge in [0.05, 0.1) is 29.6 Å². The maximum atomic E-state index is 13.1. The number of carbonyl (C=O) groups excluding carboxylic acids is 2. The normalized spacial score (nSPS) is 26.8. The molecule has 0 unspecified atom stereocenters. The smallest absolute Gasteiger partial charge is 0.269 e. The average molecular weight is 488 g/mol. The van der Waals surface area contributed by atoms with Crippen molar-refractivity contribution < 1.29 is 24.0 Å². The van der Waals surface area contributed by atoms with Crippen molar-refractivity contribution in [1.29, 1.82) is 0 Å². The van der Waals surface area contributed by atoms with E-state index in [-0.39, 0.29) is 53.2 Å². The van der Waals surface area contributed by atoms with Crippen molar-refractivity contribution in [1.82, 2.24) is 5.01 Å². The molecule has 36 heavy (non-hydrogen) atoms. The molecular formula is C27H25N3O6. The molecule has 184 valence electrons. The summed E-state index contributed by atoms with van der Waals surface area (Å²) in [4.78, 5) is 36.6. The van der Waals surface area contributed by atoms with Crippen LogP contribution in [0.3, 0.4) is 0 Å². The minimum atomic E-state index is -0.446. The van der Waals surface area contributed by atoms with E-state index < -0.39 is 4.92 Å². The molecule has 6 rings (SSSR count).